The molecular formula is C25H32. The third kappa shape index (κ3) is 3.59. The zero-order chi connectivity index (χ0) is 18.4. The smallest absolute Gasteiger partial charge is 0.00577 e. The standard InChI is InChI=1S/C25H32/c1-8-17-12-18-10-9-11-22(23(18)13-17)19-14-20(24(2,3)4)16-21(15-19)25(5,6)7/h9-11,13-16H,8,12H2,1-7H3. The first-order valence-corrected chi connectivity index (χ1v) is 9.57. The van der Waals surface area contributed by atoms with Crippen molar-refractivity contribution < 1.29 is 0 Å². The molecule has 2 aromatic rings. The third-order valence-electron chi connectivity index (χ3n) is 5.39. The minimum Gasteiger partial charge on any atom is -0.0655 e. The number of rotatable bonds is 2. The van der Waals surface area contributed by atoms with Gasteiger partial charge in [-0.25, -0.2) is 0 Å². The molecule has 0 radical (unpaired) electrons. The Balaban J connectivity index is 2.22. The lowest BCUT2D eigenvalue weighted by atomic mass is 9.78. The molecule has 25 heavy (non-hydrogen) atoms. The highest BCUT2D eigenvalue weighted by molar-refractivity contribution is 5.81. The van der Waals surface area contributed by atoms with E-state index in [-0.39, 0.29) is 10.8 Å². The molecule has 0 aromatic heterocycles. The van der Waals surface area contributed by atoms with Crippen molar-refractivity contribution >= 4 is 6.08 Å². The third-order valence-corrected chi connectivity index (χ3v) is 5.39. The Labute approximate surface area is 154 Å². The fourth-order valence-corrected chi connectivity index (χ4v) is 3.57. The van der Waals surface area contributed by atoms with Crippen LogP contribution in [0.4, 0.5) is 0 Å². The van der Waals surface area contributed by atoms with E-state index >= 15 is 0 Å². The van der Waals surface area contributed by atoms with Crippen molar-refractivity contribution in [3.8, 4) is 11.1 Å². The summed E-state index contributed by atoms with van der Waals surface area (Å²) in [5.41, 5.74) is 10.4. The summed E-state index contributed by atoms with van der Waals surface area (Å²) >= 11 is 0. The maximum absolute atomic E-state index is 2.42. The van der Waals surface area contributed by atoms with E-state index in [0.29, 0.717) is 0 Å². The van der Waals surface area contributed by atoms with Crippen molar-refractivity contribution in [2.24, 2.45) is 0 Å². The largest absolute Gasteiger partial charge is 0.0655 e. The molecule has 132 valence electrons. The molecule has 0 heteroatoms. The lowest BCUT2D eigenvalue weighted by molar-refractivity contribution is 0.569. The highest BCUT2D eigenvalue weighted by atomic mass is 14.3. The van der Waals surface area contributed by atoms with Crippen LogP contribution in [0.15, 0.2) is 42.0 Å². The number of benzene rings is 2. The molecular weight excluding hydrogens is 300 g/mol. The molecule has 0 saturated heterocycles. The van der Waals surface area contributed by atoms with Gasteiger partial charge in [0.15, 0.2) is 0 Å². The fraction of sp³-hybridized carbons (Fsp3) is 0.440. The zero-order valence-electron chi connectivity index (χ0n) is 17.0. The van der Waals surface area contributed by atoms with Gasteiger partial charge in [-0.05, 0) is 57.1 Å². The van der Waals surface area contributed by atoms with Crippen LogP contribution in [0.3, 0.4) is 0 Å². The molecule has 1 aliphatic carbocycles. The van der Waals surface area contributed by atoms with Crippen molar-refractivity contribution in [3.63, 3.8) is 0 Å². The quantitative estimate of drug-likeness (QED) is 0.541. The van der Waals surface area contributed by atoms with Crippen LogP contribution in [0.1, 0.15) is 77.1 Å². The van der Waals surface area contributed by atoms with E-state index in [1.165, 1.54) is 33.4 Å². The second-order valence-electron chi connectivity index (χ2n) is 9.51. The van der Waals surface area contributed by atoms with Crippen LogP contribution in [-0.4, -0.2) is 0 Å². The first kappa shape index (κ1) is 18.0. The lowest BCUT2D eigenvalue weighted by Crippen LogP contribution is -2.16. The summed E-state index contributed by atoms with van der Waals surface area (Å²) in [7, 11) is 0. The van der Waals surface area contributed by atoms with Gasteiger partial charge in [-0.1, -0.05) is 96.5 Å². The fourth-order valence-electron chi connectivity index (χ4n) is 3.57. The Kier molecular flexibility index (Phi) is 4.43. The summed E-state index contributed by atoms with van der Waals surface area (Å²) < 4.78 is 0. The number of hydrogen-bond donors (Lipinski definition) is 0. The van der Waals surface area contributed by atoms with Crippen LogP contribution in [0.2, 0.25) is 0 Å². The SMILES string of the molecule is CCC1=Cc2c(cccc2-c2cc(C(C)(C)C)cc(C(C)(C)C)c2)C1. The molecule has 0 fully saturated rings. The van der Waals surface area contributed by atoms with E-state index in [1.807, 2.05) is 0 Å². The predicted molar refractivity (Wildman–Crippen MR) is 111 cm³/mol. The van der Waals surface area contributed by atoms with Gasteiger partial charge in [0.1, 0.15) is 0 Å². The van der Waals surface area contributed by atoms with Gasteiger partial charge in [0.05, 0.1) is 0 Å². The molecule has 1 aliphatic rings. The summed E-state index contributed by atoms with van der Waals surface area (Å²) in [4.78, 5) is 0. The summed E-state index contributed by atoms with van der Waals surface area (Å²) in [5, 5.41) is 0. The van der Waals surface area contributed by atoms with E-state index in [4.69, 9.17) is 0 Å². The average Bonchev–Trinajstić information content (AvgIpc) is 2.96. The topological polar surface area (TPSA) is 0 Å². The first-order chi connectivity index (χ1) is 11.6. The molecule has 0 saturated carbocycles. The monoisotopic (exact) mass is 332 g/mol. The lowest BCUT2D eigenvalue weighted by Gasteiger charge is -2.26. The number of hydrogen-bond acceptors (Lipinski definition) is 0. The molecule has 0 heterocycles. The Bertz CT molecular complexity index is 788. The van der Waals surface area contributed by atoms with Gasteiger partial charge in [0, 0.05) is 0 Å². The maximum Gasteiger partial charge on any atom is -0.00577 e. The number of allylic oxidation sites excluding steroid dienone is 1. The summed E-state index contributed by atoms with van der Waals surface area (Å²) in [6.45, 7) is 16.1. The van der Waals surface area contributed by atoms with Crippen molar-refractivity contribution in [2.45, 2.75) is 72.1 Å². The number of fused-ring (bicyclic) bond motifs is 1. The molecule has 0 bridgehead atoms. The van der Waals surface area contributed by atoms with E-state index in [9.17, 15) is 0 Å². The molecule has 0 atom stereocenters. The van der Waals surface area contributed by atoms with Crippen molar-refractivity contribution in [2.75, 3.05) is 0 Å². The second kappa shape index (κ2) is 6.16. The van der Waals surface area contributed by atoms with Crippen LogP contribution >= 0.6 is 0 Å². The van der Waals surface area contributed by atoms with Gasteiger partial charge in [0.25, 0.3) is 0 Å². The molecule has 0 spiro atoms. The molecule has 2 aromatic carbocycles. The summed E-state index contributed by atoms with van der Waals surface area (Å²) in [5.74, 6) is 0. The molecule has 0 nitrogen and oxygen atoms in total. The molecule has 3 rings (SSSR count). The maximum atomic E-state index is 2.42. The van der Waals surface area contributed by atoms with Crippen molar-refractivity contribution in [1.29, 1.82) is 0 Å². The second-order valence-corrected chi connectivity index (χ2v) is 9.51. The van der Waals surface area contributed by atoms with Crippen LogP contribution in [0.5, 0.6) is 0 Å². The molecule has 0 aliphatic heterocycles. The Hall–Kier alpha value is -1.82. The summed E-state index contributed by atoms with van der Waals surface area (Å²) in [6, 6.07) is 14.0. The molecule has 0 amide bonds. The minimum atomic E-state index is 0.151. The Morgan fingerprint density at radius 1 is 0.840 bits per heavy atom. The first-order valence-electron chi connectivity index (χ1n) is 9.57. The highest BCUT2D eigenvalue weighted by Gasteiger charge is 2.22. The molecule has 0 N–H and O–H groups in total. The van der Waals surface area contributed by atoms with Gasteiger partial charge in [-0.3, -0.25) is 0 Å². The average molecular weight is 333 g/mol. The zero-order valence-corrected chi connectivity index (χ0v) is 17.0. The van der Waals surface area contributed by atoms with E-state index < -0.39 is 0 Å². The normalized spacial score (nSPS) is 14.4. The Morgan fingerprint density at radius 2 is 1.44 bits per heavy atom. The predicted octanol–water partition coefficient (Wildman–Crippen LogP) is 7.30. The van der Waals surface area contributed by atoms with Gasteiger partial charge >= 0.3 is 0 Å². The van der Waals surface area contributed by atoms with Crippen LogP contribution in [-0.2, 0) is 17.3 Å². The van der Waals surface area contributed by atoms with E-state index in [2.05, 4.69) is 90.9 Å². The Morgan fingerprint density at radius 3 is 1.96 bits per heavy atom. The summed E-state index contributed by atoms with van der Waals surface area (Å²) in [6.07, 6.45) is 4.68. The van der Waals surface area contributed by atoms with Gasteiger partial charge in [0.2, 0.25) is 0 Å². The minimum absolute atomic E-state index is 0.151. The van der Waals surface area contributed by atoms with Crippen LogP contribution in [0, 0.1) is 0 Å². The van der Waals surface area contributed by atoms with Gasteiger partial charge < -0.3 is 0 Å². The van der Waals surface area contributed by atoms with Crippen molar-refractivity contribution in [3.05, 3.63) is 64.2 Å². The van der Waals surface area contributed by atoms with E-state index in [0.717, 1.165) is 12.8 Å². The van der Waals surface area contributed by atoms with Gasteiger partial charge in [-0.2, -0.15) is 0 Å². The molecule has 0 unspecified atom stereocenters. The van der Waals surface area contributed by atoms with E-state index in [1.54, 1.807) is 5.57 Å². The highest BCUT2D eigenvalue weighted by Crippen LogP contribution is 2.38. The van der Waals surface area contributed by atoms with Crippen molar-refractivity contribution in [1.82, 2.24) is 0 Å². The van der Waals surface area contributed by atoms with Crippen LogP contribution < -0.4 is 0 Å². The van der Waals surface area contributed by atoms with Gasteiger partial charge in [-0.15, -0.1) is 0 Å². The van der Waals surface area contributed by atoms with Crippen LogP contribution in [0.25, 0.3) is 17.2 Å².